The zero-order chi connectivity index (χ0) is 20.5. The topological polar surface area (TPSA) is 40.6 Å². The Balaban J connectivity index is 1.45. The van der Waals surface area contributed by atoms with E-state index in [4.69, 9.17) is 0 Å². The van der Waals surface area contributed by atoms with Crippen molar-refractivity contribution >= 4 is 17.9 Å². The molecule has 0 saturated carbocycles. The molecule has 29 heavy (non-hydrogen) atoms. The van der Waals surface area contributed by atoms with Crippen molar-refractivity contribution in [1.82, 2.24) is 9.80 Å². The molecule has 4 nitrogen and oxygen atoms in total. The van der Waals surface area contributed by atoms with Crippen LogP contribution < -0.4 is 0 Å². The number of likely N-dealkylation sites (tertiary alicyclic amines) is 1. The molecule has 1 saturated heterocycles. The summed E-state index contributed by atoms with van der Waals surface area (Å²) >= 11 is 0. The predicted molar refractivity (Wildman–Crippen MR) is 117 cm³/mol. The van der Waals surface area contributed by atoms with Gasteiger partial charge in [-0.1, -0.05) is 60.7 Å². The number of carbonyl (C=O) groups is 2. The van der Waals surface area contributed by atoms with Crippen molar-refractivity contribution in [3.05, 3.63) is 77.9 Å². The number of nitrogens with zero attached hydrogens (tertiary/aromatic N) is 2. The van der Waals surface area contributed by atoms with Gasteiger partial charge in [-0.2, -0.15) is 0 Å². The van der Waals surface area contributed by atoms with E-state index in [0.29, 0.717) is 12.5 Å². The van der Waals surface area contributed by atoms with Crippen molar-refractivity contribution in [2.24, 2.45) is 5.92 Å². The van der Waals surface area contributed by atoms with Crippen molar-refractivity contribution in [1.29, 1.82) is 0 Å². The minimum absolute atomic E-state index is 0.186. The van der Waals surface area contributed by atoms with E-state index < -0.39 is 0 Å². The summed E-state index contributed by atoms with van der Waals surface area (Å²) in [6.07, 6.45) is 6.38. The van der Waals surface area contributed by atoms with Crippen LogP contribution in [0.15, 0.2) is 66.7 Å². The molecular weight excluding hydrogens is 360 g/mol. The third kappa shape index (κ3) is 6.68. The highest BCUT2D eigenvalue weighted by Crippen LogP contribution is 2.22. The predicted octanol–water partition coefficient (Wildman–Crippen LogP) is 4.38. The third-order valence-corrected chi connectivity index (χ3v) is 5.58. The average Bonchev–Trinajstić information content (AvgIpc) is 2.75. The molecule has 4 heteroatoms. The van der Waals surface area contributed by atoms with Crippen LogP contribution in [0, 0.1) is 5.92 Å². The molecule has 0 atom stereocenters. The lowest BCUT2D eigenvalue weighted by Crippen LogP contribution is -2.38. The van der Waals surface area contributed by atoms with Gasteiger partial charge in [0, 0.05) is 26.1 Å². The molecule has 0 spiro atoms. The molecule has 1 aliphatic rings. The van der Waals surface area contributed by atoms with Crippen LogP contribution in [0.2, 0.25) is 0 Å². The summed E-state index contributed by atoms with van der Waals surface area (Å²) in [5, 5.41) is 0. The van der Waals surface area contributed by atoms with E-state index in [1.807, 2.05) is 36.4 Å². The van der Waals surface area contributed by atoms with Gasteiger partial charge in [0.25, 0.3) is 5.91 Å². The van der Waals surface area contributed by atoms with Crippen molar-refractivity contribution in [2.45, 2.75) is 32.7 Å². The first-order valence-corrected chi connectivity index (χ1v) is 10.4. The molecule has 0 aliphatic carbocycles. The number of imide groups is 1. The van der Waals surface area contributed by atoms with E-state index in [1.54, 1.807) is 6.08 Å². The lowest BCUT2D eigenvalue weighted by molar-refractivity contribution is -0.140. The van der Waals surface area contributed by atoms with Crippen LogP contribution in [0.3, 0.4) is 0 Å². The monoisotopic (exact) mass is 390 g/mol. The van der Waals surface area contributed by atoms with Gasteiger partial charge in [-0.05, 0) is 55.5 Å². The fourth-order valence-corrected chi connectivity index (χ4v) is 3.83. The summed E-state index contributed by atoms with van der Waals surface area (Å²) in [6, 6.07) is 20.2. The molecule has 1 heterocycles. The van der Waals surface area contributed by atoms with Gasteiger partial charge in [0.15, 0.2) is 0 Å². The minimum atomic E-state index is -0.233. The van der Waals surface area contributed by atoms with Gasteiger partial charge in [-0.15, -0.1) is 0 Å². The highest BCUT2D eigenvalue weighted by molar-refractivity contribution is 6.02. The first-order chi connectivity index (χ1) is 14.1. The van der Waals surface area contributed by atoms with E-state index in [0.717, 1.165) is 44.5 Å². The fourth-order valence-electron chi connectivity index (χ4n) is 3.83. The summed E-state index contributed by atoms with van der Waals surface area (Å²) in [7, 11) is 0. The number of hydrogen-bond acceptors (Lipinski definition) is 3. The zero-order valence-electron chi connectivity index (χ0n) is 17.2. The van der Waals surface area contributed by atoms with E-state index >= 15 is 0 Å². The van der Waals surface area contributed by atoms with Crippen LogP contribution in [0.1, 0.15) is 37.3 Å². The fraction of sp³-hybridized carbons (Fsp3) is 0.360. The molecule has 1 fully saturated rings. The first kappa shape index (κ1) is 21.0. The maximum atomic E-state index is 12.5. The molecule has 0 unspecified atom stereocenters. The first-order valence-electron chi connectivity index (χ1n) is 10.4. The van der Waals surface area contributed by atoms with Crippen molar-refractivity contribution < 1.29 is 9.59 Å². The van der Waals surface area contributed by atoms with Crippen molar-refractivity contribution in [2.75, 3.05) is 19.6 Å². The Morgan fingerprint density at radius 2 is 1.62 bits per heavy atom. The highest BCUT2D eigenvalue weighted by Gasteiger charge is 2.22. The lowest BCUT2D eigenvalue weighted by Gasteiger charge is -2.32. The van der Waals surface area contributed by atoms with Crippen molar-refractivity contribution in [3.8, 4) is 0 Å². The summed E-state index contributed by atoms with van der Waals surface area (Å²) in [5.41, 5.74) is 2.31. The average molecular weight is 391 g/mol. The molecule has 2 amide bonds. The van der Waals surface area contributed by atoms with Crippen LogP contribution >= 0.6 is 0 Å². The second-order valence-corrected chi connectivity index (χ2v) is 7.75. The SMILES string of the molecule is CC(=O)N(CCC1CCN(Cc2ccccc2)CC1)C(=O)/C=C/c1ccccc1. The summed E-state index contributed by atoms with van der Waals surface area (Å²) in [4.78, 5) is 28.3. The summed E-state index contributed by atoms with van der Waals surface area (Å²) in [6.45, 7) is 5.10. The largest absolute Gasteiger partial charge is 0.299 e. The molecular formula is C25H30N2O2. The number of benzene rings is 2. The minimum Gasteiger partial charge on any atom is -0.299 e. The number of rotatable bonds is 7. The third-order valence-electron chi connectivity index (χ3n) is 5.58. The van der Waals surface area contributed by atoms with E-state index in [2.05, 4.69) is 29.2 Å². The van der Waals surface area contributed by atoms with Crippen molar-refractivity contribution in [3.63, 3.8) is 0 Å². The molecule has 0 N–H and O–H groups in total. The van der Waals surface area contributed by atoms with Gasteiger partial charge in [-0.3, -0.25) is 19.4 Å². The Hall–Kier alpha value is -2.72. The van der Waals surface area contributed by atoms with Gasteiger partial charge >= 0.3 is 0 Å². The molecule has 1 aliphatic heterocycles. The van der Waals surface area contributed by atoms with E-state index in [1.165, 1.54) is 23.5 Å². The van der Waals surface area contributed by atoms with E-state index in [-0.39, 0.29) is 11.8 Å². The maximum absolute atomic E-state index is 12.5. The molecule has 2 aromatic carbocycles. The molecule has 2 aromatic rings. The smallest absolute Gasteiger partial charge is 0.253 e. The van der Waals surface area contributed by atoms with Gasteiger partial charge < -0.3 is 0 Å². The molecule has 0 aromatic heterocycles. The number of amides is 2. The number of hydrogen-bond donors (Lipinski definition) is 0. The second kappa shape index (κ2) is 10.7. The van der Waals surface area contributed by atoms with Crippen LogP contribution in [0.4, 0.5) is 0 Å². The Kier molecular flexibility index (Phi) is 7.77. The van der Waals surface area contributed by atoms with Crippen LogP contribution in [-0.4, -0.2) is 41.2 Å². The van der Waals surface area contributed by atoms with E-state index in [9.17, 15) is 9.59 Å². The number of carbonyl (C=O) groups excluding carboxylic acids is 2. The zero-order valence-corrected chi connectivity index (χ0v) is 17.2. The maximum Gasteiger partial charge on any atom is 0.253 e. The van der Waals surface area contributed by atoms with Gasteiger partial charge in [-0.25, -0.2) is 0 Å². The second-order valence-electron chi connectivity index (χ2n) is 7.75. The molecule has 3 rings (SSSR count). The molecule has 0 bridgehead atoms. The summed E-state index contributed by atoms with van der Waals surface area (Å²) in [5.74, 6) is 0.145. The van der Waals surface area contributed by atoms with Gasteiger partial charge in [0.2, 0.25) is 5.91 Å². The van der Waals surface area contributed by atoms with Gasteiger partial charge in [0.05, 0.1) is 0 Å². The number of piperidine rings is 1. The lowest BCUT2D eigenvalue weighted by atomic mass is 9.93. The Morgan fingerprint density at radius 3 is 2.24 bits per heavy atom. The highest BCUT2D eigenvalue weighted by atomic mass is 16.2. The molecule has 0 radical (unpaired) electrons. The van der Waals surface area contributed by atoms with Crippen LogP contribution in [0.25, 0.3) is 6.08 Å². The van der Waals surface area contributed by atoms with Crippen LogP contribution in [0.5, 0.6) is 0 Å². The Bertz CT molecular complexity index is 809. The Labute approximate surface area is 173 Å². The standard InChI is InChI=1S/C25H30N2O2/c1-21(28)27(25(29)13-12-22-8-4-2-5-9-22)19-16-23-14-17-26(18-15-23)20-24-10-6-3-7-11-24/h2-13,23H,14-20H2,1H3/b13-12+. The van der Waals surface area contributed by atoms with Gasteiger partial charge in [0.1, 0.15) is 0 Å². The molecule has 152 valence electrons. The Morgan fingerprint density at radius 1 is 1.00 bits per heavy atom. The quantitative estimate of drug-likeness (QED) is 0.659. The van der Waals surface area contributed by atoms with Crippen LogP contribution in [-0.2, 0) is 16.1 Å². The normalized spacial score (nSPS) is 15.5. The summed E-state index contributed by atoms with van der Waals surface area (Å²) < 4.78 is 0.